The second-order valence-corrected chi connectivity index (χ2v) is 5.13. The summed E-state index contributed by atoms with van der Waals surface area (Å²) >= 11 is 1.09. The van der Waals surface area contributed by atoms with E-state index in [1.54, 1.807) is 6.07 Å². The van der Waals surface area contributed by atoms with E-state index in [1.807, 2.05) is 13.8 Å². The molecule has 0 aliphatic rings. The molecule has 0 spiro atoms. The average molecular weight is 295 g/mol. The van der Waals surface area contributed by atoms with Crippen LogP contribution in [-0.2, 0) is 6.42 Å². The molecule has 3 nitrogen and oxygen atoms in total. The van der Waals surface area contributed by atoms with Gasteiger partial charge in [-0.3, -0.25) is 0 Å². The van der Waals surface area contributed by atoms with Gasteiger partial charge in [0.05, 0.1) is 4.90 Å². The van der Waals surface area contributed by atoms with Gasteiger partial charge in [0.15, 0.2) is 0 Å². The maximum Gasteiger partial charge on any atom is 0.137 e. The number of anilines is 1. The number of aryl methyl sites for hydroxylation is 1. The molecule has 0 radical (unpaired) electrons. The van der Waals surface area contributed by atoms with Crippen molar-refractivity contribution in [2.24, 2.45) is 0 Å². The summed E-state index contributed by atoms with van der Waals surface area (Å²) in [4.78, 5) is 8.86. The van der Waals surface area contributed by atoms with Crippen LogP contribution in [0.15, 0.2) is 34.2 Å². The van der Waals surface area contributed by atoms with Gasteiger partial charge in [0.2, 0.25) is 0 Å². The summed E-state index contributed by atoms with van der Waals surface area (Å²) in [6, 6.07) is 5.12. The fourth-order valence-electron chi connectivity index (χ4n) is 1.62. The molecule has 0 bridgehead atoms. The Morgan fingerprint density at radius 3 is 2.65 bits per heavy atom. The molecule has 0 aliphatic heterocycles. The summed E-state index contributed by atoms with van der Waals surface area (Å²) in [5.74, 6) is 0.435. The van der Waals surface area contributed by atoms with Gasteiger partial charge in [0, 0.05) is 19.0 Å². The molecule has 20 heavy (non-hydrogen) atoms. The molecule has 0 atom stereocenters. The maximum absolute atomic E-state index is 13.6. The van der Waals surface area contributed by atoms with Gasteiger partial charge in [-0.1, -0.05) is 18.7 Å². The standard InChI is InChI=1S/C14H15F2N3S/c1-3-12-18-13(17-4-2)8-14(19-12)20-11-7-9(15)5-6-10(11)16/h5-8H,3-4H2,1-2H3,(H,17,18,19). The number of benzene rings is 1. The first-order valence-corrected chi connectivity index (χ1v) is 7.18. The Hall–Kier alpha value is -1.69. The van der Waals surface area contributed by atoms with Crippen LogP contribution in [0.2, 0.25) is 0 Å². The lowest BCUT2D eigenvalue weighted by Gasteiger charge is -2.08. The minimum atomic E-state index is -0.467. The van der Waals surface area contributed by atoms with Gasteiger partial charge in [-0.15, -0.1) is 0 Å². The fourth-order valence-corrected chi connectivity index (χ4v) is 2.51. The van der Waals surface area contributed by atoms with Crippen molar-refractivity contribution in [3.8, 4) is 0 Å². The van der Waals surface area contributed by atoms with E-state index in [1.165, 1.54) is 6.07 Å². The van der Waals surface area contributed by atoms with Crippen LogP contribution in [0, 0.1) is 11.6 Å². The molecule has 1 N–H and O–H groups in total. The van der Waals surface area contributed by atoms with Crippen molar-refractivity contribution >= 4 is 17.6 Å². The topological polar surface area (TPSA) is 37.8 Å². The van der Waals surface area contributed by atoms with E-state index in [2.05, 4.69) is 15.3 Å². The van der Waals surface area contributed by atoms with Gasteiger partial charge in [-0.25, -0.2) is 18.7 Å². The second-order valence-electron chi connectivity index (χ2n) is 4.07. The normalized spacial score (nSPS) is 10.6. The van der Waals surface area contributed by atoms with Crippen molar-refractivity contribution in [3.63, 3.8) is 0 Å². The first kappa shape index (κ1) is 14.7. The zero-order valence-corrected chi connectivity index (χ0v) is 12.1. The second kappa shape index (κ2) is 6.65. The molecular formula is C14H15F2N3S. The van der Waals surface area contributed by atoms with Gasteiger partial charge >= 0.3 is 0 Å². The number of nitrogens with zero attached hydrogens (tertiary/aromatic N) is 2. The van der Waals surface area contributed by atoms with E-state index in [0.29, 0.717) is 23.1 Å². The molecule has 0 fully saturated rings. The Balaban J connectivity index is 2.32. The van der Waals surface area contributed by atoms with Crippen LogP contribution in [0.1, 0.15) is 19.7 Å². The van der Waals surface area contributed by atoms with Gasteiger partial charge in [-0.2, -0.15) is 0 Å². The van der Waals surface area contributed by atoms with Crippen LogP contribution in [-0.4, -0.2) is 16.5 Å². The molecule has 0 aliphatic carbocycles. The van der Waals surface area contributed by atoms with E-state index in [9.17, 15) is 8.78 Å². The summed E-state index contributed by atoms with van der Waals surface area (Å²) < 4.78 is 26.8. The molecule has 1 aromatic heterocycles. The minimum Gasteiger partial charge on any atom is -0.370 e. The van der Waals surface area contributed by atoms with E-state index < -0.39 is 11.6 Å². The number of aromatic nitrogens is 2. The van der Waals surface area contributed by atoms with Crippen LogP contribution in [0.4, 0.5) is 14.6 Å². The third-order valence-electron chi connectivity index (χ3n) is 2.53. The number of halogens is 2. The lowest BCUT2D eigenvalue weighted by molar-refractivity contribution is 0.577. The Morgan fingerprint density at radius 1 is 1.15 bits per heavy atom. The monoisotopic (exact) mass is 295 g/mol. The smallest absolute Gasteiger partial charge is 0.137 e. The highest BCUT2D eigenvalue weighted by Gasteiger charge is 2.09. The van der Waals surface area contributed by atoms with Crippen molar-refractivity contribution < 1.29 is 8.78 Å². The predicted molar refractivity (Wildman–Crippen MR) is 76.1 cm³/mol. The predicted octanol–water partition coefficient (Wildman–Crippen LogP) is 3.90. The average Bonchev–Trinajstić information content (AvgIpc) is 2.43. The van der Waals surface area contributed by atoms with E-state index in [4.69, 9.17) is 0 Å². The van der Waals surface area contributed by atoms with Crippen LogP contribution < -0.4 is 5.32 Å². The first-order chi connectivity index (χ1) is 9.62. The molecule has 0 saturated carbocycles. The molecular weight excluding hydrogens is 280 g/mol. The summed E-state index contributed by atoms with van der Waals surface area (Å²) in [7, 11) is 0. The van der Waals surface area contributed by atoms with Crippen LogP contribution in [0.3, 0.4) is 0 Å². The van der Waals surface area contributed by atoms with E-state index in [-0.39, 0.29) is 4.90 Å². The highest BCUT2D eigenvalue weighted by Crippen LogP contribution is 2.30. The number of hydrogen-bond donors (Lipinski definition) is 1. The molecule has 1 heterocycles. The van der Waals surface area contributed by atoms with Crippen LogP contribution in [0.5, 0.6) is 0 Å². The third-order valence-corrected chi connectivity index (χ3v) is 3.48. The summed E-state index contributed by atoms with van der Waals surface area (Å²) in [6.07, 6.45) is 0.679. The van der Waals surface area contributed by atoms with Crippen LogP contribution in [0.25, 0.3) is 0 Å². The first-order valence-electron chi connectivity index (χ1n) is 6.37. The van der Waals surface area contributed by atoms with Gasteiger partial charge in [-0.05, 0) is 25.1 Å². The third kappa shape index (κ3) is 3.66. The molecule has 6 heteroatoms. The molecule has 2 aromatic rings. The SMILES string of the molecule is CCNc1cc(Sc2cc(F)ccc2F)nc(CC)n1. The van der Waals surface area contributed by atoms with Crippen molar-refractivity contribution in [2.75, 3.05) is 11.9 Å². The van der Waals surface area contributed by atoms with Gasteiger partial charge in [0.1, 0.15) is 28.3 Å². The Kier molecular flexibility index (Phi) is 4.89. The molecule has 0 amide bonds. The van der Waals surface area contributed by atoms with E-state index in [0.717, 1.165) is 30.4 Å². The van der Waals surface area contributed by atoms with Gasteiger partial charge in [0.25, 0.3) is 0 Å². The Morgan fingerprint density at radius 2 is 1.95 bits per heavy atom. The molecule has 0 unspecified atom stereocenters. The molecule has 0 saturated heterocycles. The summed E-state index contributed by atoms with van der Waals surface area (Å²) in [5, 5.41) is 3.70. The maximum atomic E-state index is 13.6. The van der Waals surface area contributed by atoms with Crippen molar-refractivity contribution in [3.05, 3.63) is 41.7 Å². The Bertz CT molecular complexity index is 605. The lowest BCUT2D eigenvalue weighted by atomic mass is 10.3. The van der Waals surface area contributed by atoms with Gasteiger partial charge < -0.3 is 5.32 Å². The largest absolute Gasteiger partial charge is 0.370 e. The highest BCUT2D eigenvalue weighted by atomic mass is 32.2. The fraction of sp³-hybridized carbons (Fsp3) is 0.286. The van der Waals surface area contributed by atoms with E-state index >= 15 is 0 Å². The van der Waals surface area contributed by atoms with Crippen molar-refractivity contribution in [1.82, 2.24) is 9.97 Å². The molecule has 1 aromatic carbocycles. The Labute approximate surface area is 120 Å². The number of nitrogens with one attached hydrogen (secondary N) is 1. The lowest BCUT2D eigenvalue weighted by Crippen LogP contribution is -2.03. The zero-order chi connectivity index (χ0) is 14.5. The van der Waals surface area contributed by atoms with Crippen LogP contribution >= 0.6 is 11.8 Å². The number of hydrogen-bond acceptors (Lipinski definition) is 4. The minimum absolute atomic E-state index is 0.216. The van der Waals surface area contributed by atoms with Crippen molar-refractivity contribution in [2.45, 2.75) is 30.2 Å². The summed E-state index contributed by atoms with van der Waals surface area (Å²) in [5.41, 5.74) is 0. The van der Waals surface area contributed by atoms with Crippen molar-refractivity contribution in [1.29, 1.82) is 0 Å². The summed E-state index contributed by atoms with van der Waals surface area (Å²) in [6.45, 7) is 4.65. The molecule has 106 valence electrons. The molecule has 2 rings (SSSR count). The zero-order valence-electron chi connectivity index (χ0n) is 11.3. The number of rotatable bonds is 5. The highest BCUT2D eigenvalue weighted by molar-refractivity contribution is 7.99. The quantitative estimate of drug-likeness (QED) is 0.849.